The predicted octanol–water partition coefficient (Wildman–Crippen LogP) is 3.15. The van der Waals surface area contributed by atoms with E-state index in [0.29, 0.717) is 24.0 Å². The van der Waals surface area contributed by atoms with Crippen LogP contribution >= 0.6 is 0 Å². The summed E-state index contributed by atoms with van der Waals surface area (Å²) in [7, 11) is 1.59. The first-order valence-electron chi connectivity index (χ1n) is 9.59. The van der Waals surface area contributed by atoms with E-state index in [1.54, 1.807) is 12.0 Å². The number of methoxy groups -OCH3 is 1. The van der Waals surface area contributed by atoms with Gasteiger partial charge in [0.2, 0.25) is 5.91 Å². The number of likely N-dealkylation sites (tertiary alicyclic amines) is 2. The second kappa shape index (κ2) is 6.49. The van der Waals surface area contributed by atoms with Gasteiger partial charge in [0, 0.05) is 19.1 Å². The highest BCUT2D eigenvalue weighted by Crippen LogP contribution is 2.42. The third-order valence-electron chi connectivity index (χ3n) is 5.97. The Balaban J connectivity index is 1.57. The minimum atomic E-state index is -0.651. The monoisotopic (exact) mass is 357 g/mol. The second-order valence-electron chi connectivity index (χ2n) is 7.75. The van der Waals surface area contributed by atoms with E-state index < -0.39 is 5.54 Å². The number of amides is 3. The van der Waals surface area contributed by atoms with Crippen LogP contribution < -0.4 is 10.1 Å². The van der Waals surface area contributed by atoms with Crippen LogP contribution in [0.3, 0.4) is 0 Å². The van der Waals surface area contributed by atoms with E-state index in [4.69, 9.17) is 4.74 Å². The molecule has 2 saturated heterocycles. The number of hydrogen-bond donors (Lipinski definition) is 1. The molecule has 1 spiro atoms. The van der Waals surface area contributed by atoms with E-state index in [1.165, 1.54) is 0 Å². The number of urea groups is 1. The van der Waals surface area contributed by atoms with Gasteiger partial charge in [-0.1, -0.05) is 6.07 Å². The summed E-state index contributed by atoms with van der Waals surface area (Å²) >= 11 is 0. The normalized spacial score (nSPS) is 25.7. The van der Waals surface area contributed by atoms with Crippen molar-refractivity contribution < 1.29 is 14.3 Å². The van der Waals surface area contributed by atoms with E-state index >= 15 is 0 Å². The summed E-state index contributed by atoms with van der Waals surface area (Å²) in [4.78, 5) is 30.2. The van der Waals surface area contributed by atoms with Crippen LogP contribution in [0.25, 0.3) is 0 Å². The summed E-state index contributed by atoms with van der Waals surface area (Å²) in [5.74, 6) is 0.793. The van der Waals surface area contributed by atoms with Gasteiger partial charge < -0.3 is 19.9 Å². The smallest absolute Gasteiger partial charge is 0.322 e. The Morgan fingerprint density at radius 2 is 1.96 bits per heavy atom. The molecule has 140 valence electrons. The lowest BCUT2D eigenvalue weighted by molar-refractivity contribution is -0.146. The molecule has 3 amide bonds. The lowest BCUT2D eigenvalue weighted by Crippen LogP contribution is -2.62. The Labute approximate surface area is 154 Å². The fourth-order valence-corrected chi connectivity index (χ4v) is 4.51. The highest BCUT2D eigenvalue weighted by molar-refractivity contribution is 5.98. The van der Waals surface area contributed by atoms with Gasteiger partial charge in [0.25, 0.3) is 0 Å². The van der Waals surface area contributed by atoms with Crippen molar-refractivity contribution in [2.45, 2.75) is 57.0 Å². The van der Waals surface area contributed by atoms with Crippen LogP contribution in [0.2, 0.25) is 0 Å². The number of nitrogens with zero attached hydrogens (tertiary/aromatic N) is 2. The van der Waals surface area contributed by atoms with Crippen molar-refractivity contribution in [1.29, 1.82) is 0 Å². The molecule has 6 heteroatoms. The molecule has 6 nitrogen and oxygen atoms in total. The zero-order chi connectivity index (χ0) is 18.3. The van der Waals surface area contributed by atoms with Crippen LogP contribution in [0.1, 0.15) is 44.1 Å². The molecule has 1 aromatic carbocycles. The third-order valence-corrected chi connectivity index (χ3v) is 5.97. The third kappa shape index (κ3) is 2.81. The summed E-state index contributed by atoms with van der Waals surface area (Å²) in [6.45, 7) is 3.45. The Morgan fingerprint density at radius 1 is 1.23 bits per heavy atom. The number of benzene rings is 1. The molecule has 26 heavy (non-hydrogen) atoms. The molecule has 1 atom stereocenters. The van der Waals surface area contributed by atoms with Crippen LogP contribution in [-0.2, 0) is 4.79 Å². The molecule has 0 bridgehead atoms. The summed E-state index contributed by atoms with van der Waals surface area (Å²) in [5, 5.41) is 2.99. The number of ether oxygens (including phenoxy) is 1. The SMILES string of the molecule is COc1ccc(C)cc1NC(=O)N1CCCC12CCCN(C1CC1)C2=O. The summed E-state index contributed by atoms with van der Waals surface area (Å²) in [6.07, 6.45) is 5.60. The first kappa shape index (κ1) is 17.2. The summed E-state index contributed by atoms with van der Waals surface area (Å²) in [5.41, 5.74) is 1.05. The van der Waals surface area contributed by atoms with Gasteiger partial charge in [0.05, 0.1) is 12.8 Å². The maximum absolute atomic E-state index is 13.3. The number of piperidine rings is 1. The van der Waals surface area contributed by atoms with Crippen molar-refractivity contribution in [2.75, 3.05) is 25.5 Å². The number of aryl methyl sites for hydroxylation is 1. The zero-order valence-corrected chi connectivity index (χ0v) is 15.6. The molecule has 1 N–H and O–H groups in total. The molecule has 1 aromatic rings. The molecular weight excluding hydrogens is 330 g/mol. The standard InChI is InChI=1S/C20H27N3O3/c1-14-5-8-17(26-2)16(13-14)21-19(25)23-12-4-10-20(23)9-3-11-22(18(20)24)15-6-7-15/h5,8,13,15H,3-4,6-7,9-12H2,1-2H3,(H,21,25). The Hall–Kier alpha value is -2.24. The van der Waals surface area contributed by atoms with Crippen molar-refractivity contribution >= 4 is 17.6 Å². The Bertz CT molecular complexity index is 731. The predicted molar refractivity (Wildman–Crippen MR) is 99.4 cm³/mol. The number of hydrogen-bond acceptors (Lipinski definition) is 3. The molecule has 1 unspecified atom stereocenters. The maximum Gasteiger partial charge on any atom is 0.322 e. The Kier molecular flexibility index (Phi) is 4.29. The molecule has 1 aliphatic carbocycles. The van der Waals surface area contributed by atoms with E-state index in [-0.39, 0.29) is 11.9 Å². The fraction of sp³-hybridized carbons (Fsp3) is 0.600. The number of anilines is 1. The highest BCUT2D eigenvalue weighted by Gasteiger charge is 2.54. The van der Waals surface area contributed by atoms with Gasteiger partial charge in [0.15, 0.2) is 0 Å². The van der Waals surface area contributed by atoms with Crippen LogP contribution in [0.4, 0.5) is 10.5 Å². The molecule has 0 aromatic heterocycles. The molecule has 3 fully saturated rings. The summed E-state index contributed by atoms with van der Waals surface area (Å²) < 4.78 is 5.37. The van der Waals surface area contributed by atoms with Gasteiger partial charge in [-0.2, -0.15) is 0 Å². The second-order valence-corrected chi connectivity index (χ2v) is 7.75. The summed E-state index contributed by atoms with van der Waals surface area (Å²) in [6, 6.07) is 5.91. The van der Waals surface area contributed by atoms with Gasteiger partial charge in [-0.05, 0) is 63.1 Å². The van der Waals surface area contributed by atoms with E-state index in [9.17, 15) is 9.59 Å². The minimum Gasteiger partial charge on any atom is -0.495 e. The molecule has 3 aliphatic rings. The average molecular weight is 357 g/mol. The first-order chi connectivity index (χ1) is 12.5. The Morgan fingerprint density at radius 3 is 2.65 bits per heavy atom. The number of carbonyl (C=O) groups excluding carboxylic acids is 2. The van der Waals surface area contributed by atoms with Crippen molar-refractivity contribution in [1.82, 2.24) is 9.80 Å². The van der Waals surface area contributed by atoms with Crippen LogP contribution in [0.15, 0.2) is 18.2 Å². The van der Waals surface area contributed by atoms with Crippen LogP contribution in [0.5, 0.6) is 5.75 Å². The van der Waals surface area contributed by atoms with E-state index in [2.05, 4.69) is 5.32 Å². The number of carbonyl (C=O) groups is 2. The molecule has 0 radical (unpaired) electrons. The number of rotatable bonds is 3. The fourth-order valence-electron chi connectivity index (χ4n) is 4.51. The highest BCUT2D eigenvalue weighted by atomic mass is 16.5. The van der Waals surface area contributed by atoms with Crippen molar-refractivity contribution in [3.8, 4) is 5.75 Å². The molecule has 2 heterocycles. The lowest BCUT2D eigenvalue weighted by atomic mass is 9.85. The largest absolute Gasteiger partial charge is 0.495 e. The van der Waals surface area contributed by atoms with E-state index in [0.717, 1.165) is 50.6 Å². The molecular formula is C20H27N3O3. The van der Waals surface area contributed by atoms with Crippen molar-refractivity contribution in [3.63, 3.8) is 0 Å². The van der Waals surface area contributed by atoms with Gasteiger partial charge >= 0.3 is 6.03 Å². The van der Waals surface area contributed by atoms with Crippen LogP contribution in [-0.4, -0.2) is 53.5 Å². The molecule has 2 aliphatic heterocycles. The van der Waals surface area contributed by atoms with Gasteiger partial charge in [-0.25, -0.2) is 4.79 Å². The van der Waals surface area contributed by atoms with Crippen molar-refractivity contribution in [3.05, 3.63) is 23.8 Å². The lowest BCUT2D eigenvalue weighted by Gasteiger charge is -2.44. The minimum absolute atomic E-state index is 0.162. The van der Waals surface area contributed by atoms with Gasteiger partial charge in [-0.15, -0.1) is 0 Å². The quantitative estimate of drug-likeness (QED) is 0.904. The van der Waals surface area contributed by atoms with Gasteiger partial charge in [0.1, 0.15) is 11.3 Å². The van der Waals surface area contributed by atoms with Crippen molar-refractivity contribution in [2.24, 2.45) is 0 Å². The first-order valence-corrected chi connectivity index (χ1v) is 9.59. The zero-order valence-electron chi connectivity index (χ0n) is 15.6. The van der Waals surface area contributed by atoms with E-state index in [1.807, 2.05) is 30.0 Å². The average Bonchev–Trinajstić information content (AvgIpc) is 3.38. The molecule has 4 rings (SSSR count). The van der Waals surface area contributed by atoms with Gasteiger partial charge in [-0.3, -0.25) is 4.79 Å². The topological polar surface area (TPSA) is 61.9 Å². The van der Waals surface area contributed by atoms with Crippen LogP contribution in [0, 0.1) is 6.92 Å². The molecule has 1 saturated carbocycles. The number of nitrogens with one attached hydrogen (secondary N) is 1. The maximum atomic E-state index is 13.3.